The Labute approximate surface area is 170 Å². The number of hydrogen-bond donors (Lipinski definition) is 5. The van der Waals surface area contributed by atoms with Gasteiger partial charge in [0, 0.05) is 13.0 Å². The highest BCUT2D eigenvalue weighted by atomic mass is 16.6. The van der Waals surface area contributed by atoms with Crippen molar-refractivity contribution in [2.24, 2.45) is 0 Å². The first kappa shape index (κ1) is 23.2. The van der Waals surface area contributed by atoms with Crippen molar-refractivity contribution in [2.75, 3.05) is 6.61 Å². The van der Waals surface area contributed by atoms with E-state index in [-0.39, 0.29) is 6.04 Å². The molecule has 1 unspecified atom stereocenters. The van der Waals surface area contributed by atoms with E-state index < -0.39 is 55.2 Å². The van der Waals surface area contributed by atoms with Crippen molar-refractivity contribution in [2.45, 2.75) is 70.0 Å². The Balaban J connectivity index is 2.01. The Bertz CT molecular complexity index is 672. The van der Waals surface area contributed by atoms with E-state index in [0.29, 0.717) is 6.42 Å². The summed E-state index contributed by atoms with van der Waals surface area (Å²) in [5.74, 6) is -0.863. The lowest BCUT2D eigenvalue weighted by Gasteiger charge is -2.43. The summed E-state index contributed by atoms with van der Waals surface area (Å²) in [7, 11) is 0. The smallest absolute Gasteiger partial charge is 0.249 e. The lowest BCUT2D eigenvalue weighted by Crippen LogP contribution is -2.65. The quantitative estimate of drug-likeness (QED) is 0.374. The van der Waals surface area contributed by atoms with E-state index in [1.54, 1.807) is 0 Å². The minimum Gasteiger partial charge on any atom is -0.394 e. The number of aliphatic hydroxyl groups is 3. The monoisotopic (exact) mass is 410 g/mol. The first-order valence-corrected chi connectivity index (χ1v) is 9.62. The number of benzene rings is 1. The summed E-state index contributed by atoms with van der Waals surface area (Å²) in [5.41, 5.74) is 1.08. The molecule has 0 saturated carbocycles. The molecule has 1 saturated heterocycles. The highest BCUT2D eigenvalue weighted by Gasteiger charge is 2.46. The highest BCUT2D eigenvalue weighted by Crippen LogP contribution is 2.23. The molecule has 1 aliphatic rings. The molecule has 1 aromatic carbocycles. The maximum Gasteiger partial charge on any atom is 0.249 e. The lowest BCUT2D eigenvalue weighted by molar-refractivity contribution is -0.266. The first-order chi connectivity index (χ1) is 13.7. The molecule has 5 N–H and O–H groups in total. The van der Waals surface area contributed by atoms with Crippen LogP contribution < -0.4 is 10.6 Å². The molecule has 1 heterocycles. The summed E-state index contributed by atoms with van der Waals surface area (Å²) < 4.78 is 10.8. The number of rotatable bonds is 8. The number of amides is 2. The fourth-order valence-electron chi connectivity index (χ4n) is 3.31. The van der Waals surface area contributed by atoms with Crippen molar-refractivity contribution >= 4 is 11.8 Å². The van der Waals surface area contributed by atoms with Crippen molar-refractivity contribution in [3.8, 4) is 0 Å². The van der Waals surface area contributed by atoms with Gasteiger partial charge in [0.2, 0.25) is 11.8 Å². The van der Waals surface area contributed by atoms with Gasteiger partial charge >= 0.3 is 0 Å². The molecule has 9 heteroatoms. The van der Waals surface area contributed by atoms with Crippen LogP contribution in [0.1, 0.15) is 26.3 Å². The topological polar surface area (TPSA) is 137 Å². The van der Waals surface area contributed by atoms with Crippen molar-refractivity contribution in [3.63, 3.8) is 0 Å². The Hall–Kier alpha value is -2.04. The van der Waals surface area contributed by atoms with Crippen molar-refractivity contribution < 1.29 is 34.4 Å². The molecule has 0 spiro atoms. The Morgan fingerprint density at radius 1 is 1.21 bits per heavy atom. The summed E-state index contributed by atoms with van der Waals surface area (Å²) in [6.07, 6.45) is -5.45. The van der Waals surface area contributed by atoms with Crippen LogP contribution in [0.4, 0.5) is 0 Å². The first-order valence-electron chi connectivity index (χ1n) is 9.62. The molecule has 0 aliphatic carbocycles. The largest absolute Gasteiger partial charge is 0.394 e. The normalized spacial score (nSPS) is 29.0. The van der Waals surface area contributed by atoms with Crippen LogP contribution in [0.25, 0.3) is 0 Å². The number of ether oxygens (including phenoxy) is 2. The summed E-state index contributed by atoms with van der Waals surface area (Å²) in [5, 5.41) is 35.2. The van der Waals surface area contributed by atoms with E-state index in [4.69, 9.17) is 9.47 Å². The van der Waals surface area contributed by atoms with Gasteiger partial charge in [-0.1, -0.05) is 30.3 Å². The van der Waals surface area contributed by atoms with Crippen LogP contribution in [-0.2, 0) is 25.5 Å². The third-order valence-corrected chi connectivity index (χ3v) is 4.75. The SMILES string of the molecule is CC(=O)N[C@H]1C(O)O[C@H](CO)[C@H](O)[C@@H]1O[C@H](C)C(=O)N[C@@H](C)Cc1ccccc1. The third-order valence-electron chi connectivity index (χ3n) is 4.75. The average molecular weight is 410 g/mol. The van der Waals surface area contributed by atoms with Gasteiger partial charge in [-0.05, 0) is 25.8 Å². The number of aliphatic hydroxyl groups excluding tert-OH is 3. The van der Waals surface area contributed by atoms with Gasteiger partial charge in [0.1, 0.15) is 30.5 Å². The molecule has 162 valence electrons. The maximum atomic E-state index is 12.5. The minimum atomic E-state index is -1.50. The molecule has 1 fully saturated rings. The van der Waals surface area contributed by atoms with Crippen LogP contribution in [0.2, 0.25) is 0 Å². The fourth-order valence-corrected chi connectivity index (χ4v) is 3.31. The number of hydrogen-bond acceptors (Lipinski definition) is 7. The Kier molecular flexibility index (Phi) is 8.54. The van der Waals surface area contributed by atoms with Crippen molar-refractivity contribution in [1.82, 2.24) is 10.6 Å². The predicted molar refractivity (Wildman–Crippen MR) is 104 cm³/mol. The molecule has 0 aromatic heterocycles. The van der Waals surface area contributed by atoms with Crippen LogP contribution in [0.5, 0.6) is 0 Å². The van der Waals surface area contributed by atoms with Crippen LogP contribution in [0, 0.1) is 0 Å². The zero-order valence-electron chi connectivity index (χ0n) is 16.8. The number of carbonyl (C=O) groups is 2. The molecule has 0 radical (unpaired) electrons. The fraction of sp³-hybridized carbons (Fsp3) is 0.600. The highest BCUT2D eigenvalue weighted by molar-refractivity contribution is 5.80. The van der Waals surface area contributed by atoms with Gasteiger partial charge in [0.05, 0.1) is 6.61 Å². The third kappa shape index (κ3) is 6.48. The Morgan fingerprint density at radius 2 is 1.86 bits per heavy atom. The van der Waals surface area contributed by atoms with Gasteiger partial charge in [0.15, 0.2) is 6.29 Å². The predicted octanol–water partition coefficient (Wildman–Crippen LogP) is -0.917. The molecule has 1 aromatic rings. The molecule has 2 rings (SSSR count). The van der Waals surface area contributed by atoms with Crippen molar-refractivity contribution in [1.29, 1.82) is 0 Å². The van der Waals surface area contributed by atoms with E-state index in [0.717, 1.165) is 5.56 Å². The van der Waals surface area contributed by atoms with Crippen LogP contribution in [0.3, 0.4) is 0 Å². The molecule has 7 atom stereocenters. The van der Waals surface area contributed by atoms with Crippen LogP contribution in [0.15, 0.2) is 30.3 Å². The Morgan fingerprint density at radius 3 is 2.45 bits per heavy atom. The summed E-state index contributed by atoms with van der Waals surface area (Å²) >= 11 is 0. The average Bonchev–Trinajstić information content (AvgIpc) is 2.67. The standard InChI is InChI=1S/C20H30N2O7/c1-11(9-14-7-5-4-6-8-14)21-19(26)12(2)28-18-16(22-13(3)24)20(27)29-15(10-23)17(18)25/h4-8,11-12,15-18,20,23,25,27H,9-10H2,1-3H3,(H,21,26)(H,22,24)/t11-,12+,15+,16+,17-,18+,20?/m0/s1. The second kappa shape index (κ2) is 10.7. The van der Waals surface area contributed by atoms with E-state index in [2.05, 4.69) is 10.6 Å². The lowest BCUT2D eigenvalue weighted by atomic mass is 9.96. The number of nitrogens with one attached hydrogen (secondary N) is 2. The van der Waals surface area contributed by atoms with Gasteiger partial charge in [-0.25, -0.2) is 0 Å². The zero-order chi connectivity index (χ0) is 21.6. The molecule has 1 aliphatic heterocycles. The van der Waals surface area contributed by atoms with E-state index >= 15 is 0 Å². The van der Waals surface area contributed by atoms with Gasteiger partial charge in [-0.15, -0.1) is 0 Å². The summed E-state index contributed by atoms with van der Waals surface area (Å²) in [6.45, 7) is 4.07. The van der Waals surface area contributed by atoms with Crippen LogP contribution in [-0.4, -0.2) is 76.5 Å². The van der Waals surface area contributed by atoms with E-state index in [1.807, 2.05) is 37.3 Å². The number of carbonyl (C=O) groups excluding carboxylic acids is 2. The minimum absolute atomic E-state index is 0.155. The van der Waals surface area contributed by atoms with Crippen molar-refractivity contribution in [3.05, 3.63) is 35.9 Å². The van der Waals surface area contributed by atoms with E-state index in [1.165, 1.54) is 13.8 Å². The second-order valence-electron chi connectivity index (χ2n) is 7.31. The molecule has 2 amide bonds. The second-order valence-corrected chi connectivity index (χ2v) is 7.31. The summed E-state index contributed by atoms with van der Waals surface area (Å²) in [4.78, 5) is 24.0. The van der Waals surface area contributed by atoms with Gasteiger partial charge in [-0.2, -0.15) is 0 Å². The van der Waals surface area contributed by atoms with E-state index in [9.17, 15) is 24.9 Å². The zero-order valence-corrected chi connectivity index (χ0v) is 16.8. The molecular weight excluding hydrogens is 380 g/mol. The van der Waals surface area contributed by atoms with Gasteiger partial charge in [0.25, 0.3) is 0 Å². The van der Waals surface area contributed by atoms with Crippen LogP contribution >= 0.6 is 0 Å². The maximum absolute atomic E-state index is 12.5. The molecule has 29 heavy (non-hydrogen) atoms. The van der Waals surface area contributed by atoms with Gasteiger partial charge < -0.3 is 35.4 Å². The van der Waals surface area contributed by atoms with Gasteiger partial charge in [-0.3, -0.25) is 9.59 Å². The molecular formula is C20H30N2O7. The molecule has 0 bridgehead atoms. The molecule has 9 nitrogen and oxygen atoms in total. The summed E-state index contributed by atoms with van der Waals surface area (Å²) in [6, 6.07) is 8.45.